The van der Waals surface area contributed by atoms with Crippen LogP contribution in [0.3, 0.4) is 0 Å². The smallest absolute Gasteiger partial charge is 0.264 e. The van der Waals surface area contributed by atoms with E-state index < -0.39 is 28.5 Å². The molecule has 4 rings (SSSR count). The Labute approximate surface area is 257 Å². The van der Waals surface area contributed by atoms with E-state index in [2.05, 4.69) is 5.32 Å². The molecule has 0 heterocycles. The van der Waals surface area contributed by atoms with Crippen LogP contribution in [0.1, 0.15) is 44.6 Å². The third-order valence-electron chi connectivity index (χ3n) is 7.37. The van der Waals surface area contributed by atoms with Crippen LogP contribution < -0.4 is 14.4 Å². The van der Waals surface area contributed by atoms with Crippen molar-refractivity contribution in [1.29, 1.82) is 0 Å². The summed E-state index contributed by atoms with van der Waals surface area (Å²) in [6, 6.07) is 18.6. The molecule has 1 fully saturated rings. The van der Waals surface area contributed by atoms with Crippen molar-refractivity contribution in [2.45, 2.75) is 62.6 Å². The van der Waals surface area contributed by atoms with E-state index in [0.717, 1.165) is 35.6 Å². The van der Waals surface area contributed by atoms with Crippen LogP contribution in [0, 0.1) is 0 Å². The van der Waals surface area contributed by atoms with Gasteiger partial charge in [0.05, 0.1) is 17.7 Å². The molecule has 1 aliphatic rings. The summed E-state index contributed by atoms with van der Waals surface area (Å²) in [6.45, 7) is 1.33. The van der Waals surface area contributed by atoms with E-state index in [9.17, 15) is 18.0 Å². The Balaban J connectivity index is 1.75. The normalized spacial score (nSPS) is 14.3. The van der Waals surface area contributed by atoms with Crippen LogP contribution >= 0.6 is 23.2 Å². The van der Waals surface area contributed by atoms with Crippen molar-refractivity contribution in [3.63, 3.8) is 0 Å². The van der Waals surface area contributed by atoms with Crippen molar-refractivity contribution in [3.05, 3.63) is 88.4 Å². The van der Waals surface area contributed by atoms with Gasteiger partial charge in [0.15, 0.2) is 0 Å². The predicted molar refractivity (Wildman–Crippen MR) is 165 cm³/mol. The van der Waals surface area contributed by atoms with Gasteiger partial charge in [0.1, 0.15) is 18.3 Å². The van der Waals surface area contributed by atoms with Crippen LogP contribution in [0.15, 0.2) is 77.7 Å². The molecule has 0 bridgehead atoms. The minimum atomic E-state index is -4.25. The van der Waals surface area contributed by atoms with Gasteiger partial charge in [0, 0.05) is 22.6 Å². The SMILES string of the molecule is CC[C@H](C(=O)NC1CCCC1)N(Cc1ccc(Cl)cc1)C(=O)CN(c1cc(Cl)ccc1OC)S(=O)(=O)c1ccccc1. The molecular weight excluding hydrogens is 597 g/mol. The van der Waals surface area contributed by atoms with Gasteiger partial charge in [-0.15, -0.1) is 0 Å². The molecule has 1 aliphatic carbocycles. The van der Waals surface area contributed by atoms with Gasteiger partial charge < -0.3 is 15.0 Å². The fourth-order valence-electron chi connectivity index (χ4n) is 5.16. The van der Waals surface area contributed by atoms with Crippen molar-refractivity contribution < 1.29 is 22.7 Å². The van der Waals surface area contributed by atoms with Crippen molar-refractivity contribution >= 4 is 50.7 Å². The molecule has 1 N–H and O–H groups in total. The van der Waals surface area contributed by atoms with E-state index >= 15 is 0 Å². The van der Waals surface area contributed by atoms with E-state index in [1.165, 1.54) is 30.2 Å². The number of hydrogen-bond donors (Lipinski definition) is 1. The monoisotopic (exact) mass is 631 g/mol. The van der Waals surface area contributed by atoms with Crippen LogP contribution in [-0.4, -0.2) is 50.9 Å². The Morgan fingerprint density at radius 1 is 0.976 bits per heavy atom. The van der Waals surface area contributed by atoms with Crippen molar-refractivity contribution in [1.82, 2.24) is 10.2 Å². The Hall–Kier alpha value is -3.27. The lowest BCUT2D eigenvalue weighted by atomic mass is 10.1. The molecule has 3 aromatic rings. The average molecular weight is 633 g/mol. The van der Waals surface area contributed by atoms with E-state index in [1.54, 1.807) is 54.6 Å². The number of amides is 2. The van der Waals surface area contributed by atoms with Gasteiger partial charge in [-0.2, -0.15) is 0 Å². The third-order valence-corrected chi connectivity index (χ3v) is 9.63. The number of nitrogens with zero attached hydrogens (tertiary/aromatic N) is 2. The predicted octanol–water partition coefficient (Wildman–Crippen LogP) is 6.06. The number of carbonyl (C=O) groups is 2. The van der Waals surface area contributed by atoms with Crippen LogP contribution in [-0.2, 0) is 26.2 Å². The maximum atomic E-state index is 14.2. The summed E-state index contributed by atoms with van der Waals surface area (Å²) in [7, 11) is -2.84. The maximum absolute atomic E-state index is 14.2. The quantitative estimate of drug-likeness (QED) is 0.262. The second kappa shape index (κ2) is 14.3. The number of nitrogens with one attached hydrogen (secondary N) is 1. The lowest BCUT2D eigenvalue weighted by molar-refractivity contribution is -0.140. The van der Waals surface area contributed by atoms with Gasteiger partial charge >= 0.3 is 0 Å². The molecule has 224 valence electrons. The molecule has 1 atom stereocenters. The molecular formula is C31H35Cl2N3O5S. The standard InChI is InChI=1S/C31H35Cl2N3O5S/c1-3-27(31(38)34-25-9-7-8-10-25)35(20-22-13-15-23(32)16-14-22)30(37)21-36(28-19-24(33)17-18-29(28)41-2)42(39,40)26-11-5-4-6-12-26/h4-6,11-19,25,27H,3,7-10,20-21H2,1-2H3,(H,34,38)/t27-/m1/s1. The first-order chi connectivity index (χ1) is 20.1. The van der Waals surface area contributed by atoms with Crippen LogP contribution in [0.2, 0.25) is 10.0 Å². The minimum absolute atomic E-state index is 0.00454. The number of carbonyl (C=O) groups excluding carboxylic acids is 2. The van der Waals surface area contributed by atoms with E-state index in [0.29, 0.717) is 11.4 Å². The Morgan fingerprint density at radius 3 is 2.24 bits per heavy atom. The zero-order valence-corrected chi connectivity index (χ0v) is 26.0. The van der Waals surface area contributed by atoms with Gasteiger partial charge in [-0.25, -0.2) is 8.42 Å². The summed E-state index contributed by atoms with van der Waals surface area (Å²) in [5, 5.41) is 3.91. The maximum Gasteiger partial charge on any atom is 0.264 e. The number of anilines is 1. The minimum Gasteiger partial charge on any atom is -0.495 e. The fourth-order valence-corrected chi connectivity index (χ4v) is 6.89. The number of hydrogen-bond acceptors (Lipinski definition) is 5. The number of benzene rings is 3. The highest BCUT2D eigenvalue weighted by Crippen LogP contribution is 2.35. The van der Waals surface area contributed by atoms with E-state index in [4.69, 9.17) is 27.9 Å². The van der Waals surface area contributed by atoms with Crippen LogP contribution in [0.5, 0.6) is 5.75 Å². The van der Waals surface area contributed by atoms with Crippen molar-refractivity contribution in [2.24, 2.45) is 0 Å². The number of sulfonamides is 1. The highest BCUT2D eigenvalue weighted by molar-refractivity contribution is 7.92. The highest BCUT2D eigenvalue weighted by Gasteiger charge is 2.35. The summed E-state index contributed by atoms with van der Waals surface area (Å²) in [6.07, 6.45) is 4.21. The Kier molecular flexibility index (Phi) is 10.8. The van der Waals surface area contributed by atoms with E-state index in [-0.39, 0.29) is 39.8 Å². The zero-order chi connectivity index (χ0) is 30.3. The number of methoxy groups -OCH3 is 1. The molecule has 0 radical (unpaired) electrons. The number of halogens is 2. The highest BCUT2D eigenvalue weighted by atomic mass is 35.5. The van der Waals surface area contributed by atoms with Crippen LogP contribution in [0.4, 0.5) is 5.69 Å². The average Bonchev–Trinajstić information content (AvgIpc) is 3.50. The fraction of sp³-hybridized carbons (Fsp3) is 0.355. The van der Waals surface area contributed by atoms with Crippen molar-refractivity contribution in [3.8, 4) is 5.75 Å². The van der Waals surface area contributed by atoms with Gasteiger partial charge in [-0.05, 0) is 67.3 Å². The lowest BCUT2D eigenvalue weighted by Crippen LogP contribution is -2.53. The molecule has 2 amide bonds. The van der Waals surface area contributed by atoms with E-state index in [1.807, 2.05) is 6.92 Å². The number of ether oxygens (including phenoxy) is 1. The Morgan fingerprint density at radius 2 is 1.62 bits per heavy atom. The molecule has 8 nitrogen and oxygen atoms in total. The first-order valence-electron chi connectivity index (χ1n) is 13.9. The lowest BCUT2D eigenvalue weighted by Gasteiger charge is -2.34. The molecule has 0 spiro atoms. The molecule has 0 unspecified atom stereocenters. The second-order valence-electron chi connectivity index (χ2n) is 10.2. The summed E-state index contributed by atoms with van der Waals surface area (Å²) in [5.41, 5.74) is 0.856. The second-order valence-corrected chi connectivity index (χ2v) is 12.9. The first-order valence-corrected chi connectivity index (χ1v) is 16.1. The molecule has 1 saturated carbocycles. The van der Waals surface area contributed by atoms with Crippen molar-refractivity contribution in [2.75, 3.05) is 18.0 Å². The zero-order valence-electron chi connectivity index (χ0n) is 23.6. The summed E-state index contributed by atoms with van der Waals surface area (Å²) >= 11 is 12.4. The largest absolute Gasteiger partial charge is 0.495 e. The van der Waals surface area contributed by atoms with Gasteiger partial charge in [0.25, 0.3) is 10.0 Å². The molecule has 0 aromatic heterocycles. The summed E-state index contributed by atoms with van der Waals surface area (Å²) in [4.78, 5) is 29.2. The molecule has 0 saturated heterocycles. The molecule has 0 aliphatic heterocycles. The molecule has 3 aromatic carbocycles. The first kappa shape index (κ1) is 31.7. The van der Waals surface area contributed by atoms with Gasteiger partial charge in [-0.3, -0.25) is 13.9 Å². The Bertz CT molecular complexity index is 1480. The molecule has 11 heteroatoms. The number of rotatable bonds is 12. The third kappa shape index (κ3) is 7.56. The van der Waals surface area contributed by atoms with Crippen LogP contribution in [0.25, 0.3) is 0 Å². The summed E-state index contributed by atoms with van der Waals surface area (Å²) in [5.74, 6) is -0.591. The molecule has 42 heavy (non-hydrogen) atoms. The summed E-state index contributed by atoms with van der Waals surface area (Å²) < 4.78 is 34.5. The topological polar surface area (TPSA) is 96.0 Å². The van der Waals surface area contributed by atoms with Gasteiger partial charge in [0.2, 0.25) is 11.8 Å². The van der Waals surface area contributed by atoms with Gasteiger partial charge in [-0.1, -0.05) is 73.3 Å².